The number of carbonyl (C=O) groups is 2. The predicted octanol–water partition coefficient (Wildman–Crippen LogP) is 0.853. The van der Waals surface area contributed by atoms with Crippen LogP contribution in [0.2, 0.25) is 0 Å². The molecule has 1 aliphatic rings. The maximum atomic E-state index is 12.4. The van der Waals surface area contributed by atoms with Crippen molar-refractivity contribution in [1.29, 1.82) is 0 Å². The highest BCUT2D eigenvalue weighted by atomic mass is 16.4. The molecule has 0 spiro atoms. The third-order valence-corrected chi connectivity index (χ3v) is 4.35. The molecule has 0 atom stereocenters. The van der Waals surface area contributed by atoms with Crippen LogP contribution in [0.25, 0.3) is 5.69 Å². The number of rotatable bonds is 4. The molecule has 1 amide bonds. The molecule has 3 rings (SSSR count). The Bertz CT molecular complexity index is 733. The van der Waals surface area contributed by atoms with Crippen molar-refractivity contribution in [1.82, 2.24) is 14.7 Å². The maximum absolute atomic E-state index is 12.4. The molecular formula is C17H19N3O4. The van der Waals surface area contributed by atoms with Crippen molar-refractivity contribution in [3.05, 3.63) is 48.3 Å². The van der Waals surface area contributed by atoms with Gasteiger partial charge in [0, 0.05) is 32.1 Å². The number of aliphatic carboxylic acids is 1. The van der Waals surface area contributed by atoms with Gasteiger partial charge in [-0.25, -0.2) is 9.48 Å². The van der Waals surface area contributed by atoms with E-state index >= 15 is 0 Å². The Labute approximate surface area is 139 Å². The molecule has 1 aromatic carbocycles. The summed E-state index contributed by atoms with van der Waals surface area (Å²) in [4.78, 5) is 25.0. The minimum Gasteiger partial charge on any atom is -0.479 e. The van der Waals surface area contributed by atoms with Crippen LogP contribution < -0.4 is 0 Å². The van der Waals surface area contributed by atoms with Gasteiger partial charge in [0.05, 0.1) is 18.3 Å². The third kappa shape index (κ3) is 3.30. The average molecular weight is 329 g/mol. The topological polar surface area (TPSA) is 95.7 Å². The molecule has 126 valence electrons. The zero-order valence-electron chi connectivity index (χ0n) is 13.1. The van der Waals surface area contributed by atoms with Gasteiger partial charge in [-0.2, -0.15) is 5.10 Å². The lowest BCUT2D eigenvalue weighted by Gasteiger charge is -2.35. The number of para-hydroxylation sites is 1. The first kappa shape index (κ1) is 16.2. The first-order valence-corrected chi connectivity index (χ1v) is 7.80. The van der Waals surface area contributed by atoms with E-state index in [0.717, 1.165) is 11.3 Å². The van der Waals surface area contributed by atoms with Crippen molar-refractivity contribution in [2.45, 2.75) is 24.9 Å². The summed E-state index contributed by atoms with van der Waals surface area (Å²) >= 11 is 0. The number of hydrogen-bond donors (Lipinski definition) is 2. The van der Waals surface area contributed by atoms with Crippen LogP contribution in [0, 0.1) is 0 Å². The van der Waals surface area contributed by atoms with E-state index in [2.05, 4.69) is 5.10 Å². The molecule has 1 saturated heterocycles. The zero-order valence-corrected chi connectivity index (χ0v) is 13.1. The first-order valence-electron chi connectivity index (χ1n) is 7.80. The van der Waals surface area contributed by atoms with Gasteiger partial charge in [0.2, 0.25) is 5.91 Å². The van der Waals surface area contributed by atoms with Gasteiger partial charge in [-0.1, -0.05) is 18.2 Å². The van der Waals surface area contributed by atoms with Crippen molar-refractivity contribution in [2.24, 2.45) is 0 Å². The highest BCUT2D eigenvalue weighted by Gasteiger charge is 2.40. The van der Waals surface area contributed by atoms with E-state index in [1.54, 1.807) is 15.8 Å². The molecule has 0 radical (unpaired) electrons. The fourth-order valence-corrected chi connectivity index (χ4v) is 2.80. The summed E-state index contributed by atoms with van der Waals surface area (Å²) in [5.41, 5.74) is -0.00164. The summed E-state index contributed by atoms with van der Waals surface area (Å²) in [5, 5.41) is 23.2. The van der Waals surface area contributed by atoms with Crippen molar-refractivity contribution in [3.8, 4) is 5.69 Å². The Morgan fingerprint density at radius 3 is 2.46 bits per heavy atom. The Hall–Kier alpha value is -2.67. The van der Waals surface area contributed by atoms with E-state index in [9.17, 15) is 14.7 Å². The van der Waals surface area contributed by atoms with Gasteiger partial charge in [0.15, 0.2) is 5.60 Å². The van der Waals surface area contributed by atoms with Crippen molar-refractivity contribution < 1.29 is 19.8 Å². The monoisotopic (exact) mass is 329 g/mol. The second-order valence-corrected chi connectivity index (χ2v) is 6.02. The van der Waals surface area contributed by atoms with Crippen LogP contribution in [0.1, 0.15) is 18.4 Å². The zero-order chi connectivity index (χ0) is 17.2. The Morgan fingerprint density at radius 2 is 1.83 bits per heavy atom. The minimum atomic E-state index is -1.71. The number of carboxylic acid groups (broad SMARTS) is 1. The molecule has 2 aromatic rings. The van der Waals surface area contributed by atoms with Crippen LogP contribution in [-0.4, -0.2) is 55.5 Å². The van der Waals surface area contributed by atoms with E-state index in [4.69, 9.17) is 5.11 Å². The lowest BCUT2D eigenvalue weighted by atomic mass is 9.91. The molecule has 1 fully saturated rings. The van der Waals surface area contributed by atoms with Gasteiger partial charge in [0.25, 0.3) is 0 Å². The van der Waals surface area contributed by atoms with E-state index in [0.29, 0.717) is 0 Å². The SMILES string of the molecule is O=C(Cc1cnn(-c2ccccc2)c1)N1CCC(O)(C(=O)O)CC1. The number of benzene rings is 1. The summed E-state index contributed by atoms with van der Waals surface area (Å²) in [6.45, 7) is 0.489. The molecule has 0 bridgehead atoms. The van der Waals surface area contributed by atoms with Crippen LogP contribution in [0.4, 0.5) is 0 Å². The summed E-state index contributed by atoms with van der Waals surface area (Å²) in [6, 6.07) is 9.61. The van der Waals surface area contributed by atoms with Gasteiger partial charge in [0.1, 0.15) is 0 Å². The molecule has 0 aliphatic carbocycles. The summed E-state index contributed by atoms with van der Waals surface area (Å²) in [6.07, 6.45) is 3.78. The fourth-order valence-electron chi connectivity index (χ4n) is 2.80. The molecule has 7 heteroatoms. The lowest BCUT2D eigenvalue weighted by Crippen LogP contribution is -2.51. The van der Waals surface area contributed by atoms with E-state index in [1.165, 1.54) is 0 Å². The average Bonchev–Trinajstić information content (AvgIpc) is 3.04. The Kier molecular flexibility index (Phi) is 4.35. The van der Waals surface area contributed by atoms with Crippen molar-refractivity contribution >= 4 is 11.9 Å². The molecule has 0 saturated carbocycles. The third-order valence-electron chi connectivity index (χ3n) is 4.35. The number of aliphatic hydroxyl groups is 1. The van der Waals surface area contributed by atoms with Crippen LogP contribution in [0.3, 0.4) is 0 Å². The largest absolute Gasteiger partial charge is 0.479 e. The summed E-state index contributed by atoms with van der Waals surface area (Å²) < 4.78 is 1.71. The molecule has 1 aliphatic heterocycles. The summed E-state index contributed by atoms with van der Waals surface area (Å²) in [7, 11) is 0. The smallest absolute Gasteiger partial charge is 0.335 e. The molecular weight excluding hydrogens is 310 g/mol. The molecule has 2 heterocycles. The number of hydrogen-bond acceptors (Lipinski definition) is 4. The van der Waals surface area contributed by atoms with Crippen LogP contribution >= 0.6 is 0 Å². The van der Waals surface area contributed by atoms with Gasteiger partial charge < -0.3 is 15.1 Å². The number of aromatic nitrogens is 2. The van der Waals surface area contributed by atoms with Crippen LogP contribution in [0.5, 0.6) is 0 Å². The van der Waals surface area contributed by atoms with E-state index < -0.39 is 11.6 Å². The van der Waals surface area contributed by atoms with E-state index in [1.807, 2.05) is 36.5 Å². The van der Waals surface area contributed by atoms with Gasteiger partial charge in [-0.05, 0) is 17.7 Å². The van der Waals surface area contributed by atoms with Crippen molar-refractivity contribution in [2.75, 3.05) is 13.1 Å². The number of carboxylic acids is 1. The Balaban J connectivity index is 1.60. The summed E-state index contributed by atoms with van der Waals surface area (Å²) in [5.74, 6) is -1.31. The van der Waals surface area contributed by atoms with Gasteiger partial charge >= 0.3 is 5.97 Å². The second kappa shape index (κ2) is 6.45. The fraction of sp³-hybridized carbons (Fsp3) is 0.353. The van der Waals surface area contributed by atoms with Gasteiger partial charge in [-0.15, -0.1) is 0 Å². The number of carbonyl (C=O) groups excluding carboxylic acids is 1. The van der Waals surface area contributed by atoms with Gasteiger partial charge in [-0.3, -0.25) is 4.79 Å². The van der Waals surface area contributed by atoms with E-state index in [-0.39, 0.29) is 38.3 Å². The number of piperidine rings is 1. The Morgan fingerprint density at radius 1 is 1.17 bits per heavy atom. The number of amides is 1. The van der Waals surface area contributed by atoms with Crippen molar-refractivity contribution in [3.63, 3.8) is 0 Å². The van der Waals surface area contributed by atoms with Crippen LogP contribution in [0.15, 0.2) is 42.7 Å². The number of likely N-dealkylation sites (tertiary alicyclic amines) is 1. The molecule has 2 N–H and O–H groups in total. The second-order valence-electron chi connectivity index (χ2n) is 6.02. The maximum Gasteiger partial charge on any atom is 0.335 e. The predicted molar refractivity (Wildman–Crippen MR) is 85.7 cm³/mol. The molecule has 0 unspecified atom stereocenters. The number of nitrogens with zero attached hydrogens (tertiary/aromatic N) is 3. The normalized spacial score (nSPS) is 16.8. The molecule has 1 aromatic heterocycles. The quantitative estimate of drug-likeness (QED) is 0.867. The molecule has 7 nitrogen and oxygen atoms in total. The standard InChI is InChI=1S/C17H19N3O4/c21-15(19-8-6-17(24,7-9-19)16(22)23)10-13-11-18-20(12-13)14-4-2-1-3-5-14/h1-5,11-12,24H,6-10H2,(H,22,23). The highest BCUT2D eigenvalue weighted by Crippen LogP contribution is 2.23. The lowest BCUT2D eigenvalue weighted by molar-refractivity contribution is -0.165. The first-order chi connectivity index (χ1) is 11.5. The molecule has 24 heavy (non-hydrogen) atoms. The minimum absolute atomic E-state index is 0.0529. The van der Waals surface area contributed by atoms with Crippen LogP contribution in [-0.2, 0) is 16.0 Å². The highest BCUT2D eigenvalue weighted by molar-refractivity contribution is 5.80.